The summed E-state index contributed by atoms with van der Waals surface area (Å²) in [6.07, 6.45) is 4.09. The molecule has 7 nitrogen and oxygen atoms in total. The number of pyridine rings is 1. The van der Waals surface area contributed by atoms with Crippen molar-refractivity contribution < 1.29 is 14.3 Å². The summed E-state index contributed by atoms with van der Waals surface area (Å²) in [6.45, 7) is 2.20. The molecule has 0 bridgehead atoms. The number of carbonyl (C=O) groups is 1. The fourth-order valence-electron chi connectivity index (χ4n) is 2.93. The molecule has 1 aromatic carbocycles. The van der Waals surface area contributed by atoms with Gasteiger partial charge >= 0.3 is 0 Å². The van der Waals surface area contributed by atoms with Crippen LogP contribution >= 0.6 is 11.3 Å². The Bertz CT molecular complexity index is 1120. The first-order valence-corrected chi connectivity index (χ1v) is 9.93. The summed E-state index contributed by atoms with van der Waals surface area (Å²) in [5.74, 6) is 0.987. The van der Waals surface area contributed by atoms with Gasteiger partial charge < -0.3 is 19.2 Å². The predicted molar refractivity (Wildman–Crippen MR) is 112 cm³/mol. The van der Waals surface area contributed by atoms with Crippen LogP contribution in [0.3, 0.4) is 0 Å². The second-order valence-electron chi connectivity index (χ2n) is 6.44. The minimum atomic E-state index is -0.133. The summed E-state index contributed by atoms with van der Waals surface area (Å²) < 4.78 is 13.2. The lowest BCUT2D eigenvalue weighted by atomic mass is 10.2. The number of anilines is 1. The van der Waals surface area contributed by atoms with E-state index >= 15 is 0 Å². The second-order valence-corrected chi connectivity index (χ2v) is 7.50. The first-order valence-electron chi connectivity index (χ1n) is 9.05. The van der Waals surface area contributed by atoms with E-state index in [2.05, 4.69) is 15.3 Å². The van der Waals surface area contributed by atoms with Crippen molar-refractivity contribution >= 4 is 28.6 Å². The third kappa shape index (κ3) is 4.55. The van der Waals surface area contributed by atoms with Gasteiger partial charge in [-0.3, -0.25) is 4.79 Å². The fraction of sp³-hybridized carbons (Fsp3) is 0.190. The van der Waals surface area contributed by atoms with Gasteiger partial charge in [-0.05, 0) is 31.2 Å². The molecule has 148 valence electrons. The summed E-state index contributed by atoms with van der Waals surface area (Å²) in [4.78, 5) is 21.2. The van der Waals surface area contributed by atoms with E-state index in [1.807, 2.05) is 47.3 Å². The van der Waals surface area contributed by atoms with Crippen LogP contribution in [-0.2, 0) is 17.8 Å². The molecule has 0 aliphatic heterocycles. The summed E-state index contributed by atoms with van der Waals surface area (Å²) in [7, 11) is 1.58. The molecule has 0 saturated carbocycles. The number of thiazole rings is 1. The molecule has 3 aromatic heterocycles. The monoisotopic (exact) mass is 408 g/mol. The third-order valence-electron chi connectivity index (χ3n) is 4.25. The van der Waals surface area contributed by atoms with Crippen LogP contribution in [0, 0.1) is 6.92 Å². The van der Waals surface area contributed by atoms with Gasteiger partial charge in [-0.1, -0.05) is 6.07 Å². The SMILES string of the molecule is COc1ccc(NC(=O)Cc2csc(C)n2)cc1OCc1cn2ccccc2n1. The number of carbonyl (C=O) groups excluding carboxylic acids is 1. The minimum absolute atomic E-state index is 0.133. The van der Waals surface area contributed by atoms with Crippen LogP contribution in [0.4, 0.5) is 5.69 Å². The Morgan fingerprint density at radius 1 is 1.17 bits per heavy atom. The van der Waals surface area contributed by atoms with E-state index in [-0.39, 0.29) is 18.9 Å². The Morgan fingerprint density at radius 2 is 2.07 bits per heavy atom. The van der Waals surface area contributed by atoms with Gasteiger partial charge in [-0.2, -0.15) is 0 Å². The Morgan fingerprint density at radius 3 is 2.83 bits per heavy atom. The second kappa shape index (κ2) is 8.32. The highest BCUT2D eigenvalue weighted by atomic mass is 32.1. The molecule has 4 aromatic rings. The molecule has 0 unspecified atom stereocenters. The quantitative estimate of drug-likeness (QED) is 0.502. The van der Waals surface area contributed by atoms with Gasteiger partial charge in [-0.15, -0.1) is 11.3 Å². The van der Waals surface area contributed by atoms with Gasteiger partial charge in [0, 0.05) is 29.5 Å². The van der Waals surface area contributed by atoms with Gasteiger partial charge in [0.15, 0.2) is 11.5 Å². The topological polar surface area (TPSA) is 77.8 Å². The van der Waals surface area contributed by atoms with Crippen LogP contribution < -0.4 is 14.8 Å². The van der Waals surface area contributed by atoms with E-state index in [0.29, 0.717) is 17.2 Å². The molecule has 0 fully saturated rings. The molecule has 0 aliphatic carbocycles. The smallest absolute Gasteiger partial charge is 0.230 e. The van der Waals surface area contributed by atoms with Crippen molar-refractivity contribution in [2.24, 2.45) is 0 Å². The number of amides is 1. The van der Waals surface area contributed by atoms with Gasteiger partial charge in [0.1, 0.15) is 12.3 Å². The molecule has 1 N–H and O–H groups in total. The normalized spacial score (nSPS) is 10.8. The number of imidazole rings is 1. The third-order valence-corrected chi connectivity index (χ3v) is 5.07. The number of methoxy groups -OCH3 is 1. The predicted octanol–water partition coefficient (Wildman–Crippen LogP) is 3.87. The highest BCUT2D eigenvalue weighted by Crippen LogP contribution is 2.31. The Labute approximate surface area is 172 Å². The Balaban J connectivity index is 1.45. The number of nitrogens with zero attached hydrogens (tertiary/aromatic N) is 3. The van der Waals surface area contributed by atoms with Crippen molar-refractivity contribution in [1.29, 1.82) is 0 Å². The van der Waals surface area contributed by atoms with Gasteiger partial charge in [0.2, 0.25) is 5.91 Å². The van der Waals surface area contributed by atoms with Gasteiger partial charge in [0.25, 0.3) is 0 Å². The highest BCUT2D eigenvalue weighted by Gasteiger charge is 2.11. The molecular formula is C21H20N4O3S. The summed E-state index contributed by atoms with van der Waals surface area (Å²) in [5.41, 5.74) is 3.05. The summed E-state index contributed by atoms with van der Waals surface area (Å²) in [6, 6.07) is 11.1. The Kier molecular flexibility index (Phi) is 5.44. The average molecular weight is 408 g/mol. The van der Waals surface area contributed by atoms with Gasteiger partial charge in [-0.25, -0.2) is 9.97 Å². The van der Waals surface area contributed by atoms with Crippen LogP contribution in [0.25, 0.3) is 5.65 Å². The molecule has 0 radical (unpaired) electrons. The average Bonchev–Trinajstić information content (AvgIpc) is 3.31. The number of aromatic nitrogens is 3. The van der Waals surface area contributed by atoms with Crippen molar-refractivity contribution in [1.82, 2.24) is 14.4 Å². The number of fused-ring (bicyclic) bond motifs is 1. The van der Waals surface area contributed by atoms with E-state index in [1.165, 1.54) is 11.3 Å². The number of hydrogen-bond acceptors (Lipinski definition) is 6. The van der Waals surface area contributed by atoms with E-state index in [4.69, 9.17) is 9.47 Å². The maximum atomic E-state index is 12.3. The van der Waals surface area contributed by atoms with Crippen molar-refractivity contribution in [2.45, 2.75) is 20.0 Å². The summed E-state index contributed by atoms with van der Waals surface area (Å²) >= 11 is 1.53. The number of benzene rings is 1. The first-order chi connectivity index (χ1) is 14.1. The van der Waals surface area contributed by atoms with Crippen LogP contribution in [-0.4, -0.2) is 27.4 Å². The lowest BCUT2D eigenvalue weighted by Crippen LogP contribution is -2.14. The number of hydrogen-bond donors (Lipinski definition) is 1. The lowest BCUT2D eigenvalue weighted by Gasteiger charge is -2.12. The Hall–Kier alpha value is -3.39. The zero-order chi connectivity index (χ0) is 20.2. The van der Waals surface area contributed by atoms with Crippen molar-refractivity contribution in [3.05, 3.63) is 70.6 Å². The maximum absolute atomic E-state index is 12.3. The van der Waals surface area contributed by atoms with Crippen LogP contribution in [0.2, 0.25) is 0 Å². The number of aryl methyl sites for hydroxylation is 1. The van der Waals surface area contributed by atoms with E-state index in [0.717, 1.165) is 22.0 Å². The molecule has 0 aliphatic rings. The number of ether oxygens (including phenoxy) is 2. The van der Waals surface area contributed by atoms with E-state index < -0.39 is 0 Å². The molecule has 29 heavy (non-hydrogen) atoms. The first kappa shape index (κ1) is 18.9. The molecular weight excluding hydrogens is 388 g/mol. The fourth-order valence-corrected chi connectivity index (χ4v) is 3.55. The molecule has 1 amide bonds. The van der Waals surface area contributed by atoms with Crippen LogP contribution in [0.5, 0.6) is 11.5 Å². The minimum Gasteiger partial charge on any atom is -0.493 e. The van der Waals surface area contributed by atoms with Crippen molar-refractivity contribution in [3.63, 3.8) is 0 Å². The van der Waals surface area contributed by atoms with E-state index in [1.54, 1.807) is 25.3 Å². The van der Waals surface area contributed by atoms with E-state index in [9.17, 15) is 4.79 Å². The van der Waals surface area contributed by atoms with Crippen molar-refractivity contribution in [3.8, 4) is 11.5 Å². The van der Waals surface area contributed by atoms with Crippen molar-refractivity contribution in [2.75, 3.05) is 12.4 Å². The molecule has 0 saturated heterocycles. The maximum Gasteiger partial charge on any atom is 0.230 e. The standard InChI is InChI=1S/C21H20N4O3S/c1-14-22-16(13-29-14)10-21(26)24-15-6-7-18(27-2)19(9-15)28-12-17-11-25-8-4-3-5-20(25)23-17/h3-9,11,13H,10,12H2,1-2H3,(H,24,26). The number of nitrogens with one attached hydrogen (secondary N) is 1. The zero-order valence-corrected chi connectivity index (χ0v) is 16.9. The van der Waals surface area contributed by atoms with Crippen LogP contribution in [0.1, 0.15) is 16.4 Å². The number of rotatable bonds is 7. The van der Waals surface area contributed by atoms with Gasteiger partial charge in [0.05, 0.1) is 29.9 Å². The molecule has 4 rings (SSSR count). The molecule has 3 heterocycles. The summed E-state index contributed by atoms with van der Waals surface area (Å²) in [5, 5.41) is 5.72. The highest BCUT2D eigenvalue weighted by molar-refractivity contribution is 7.09. The van der Waals surface area contributed by atoms with Crippen LogP contribution in [0.15, 0.2) is 54.2 Å². The lowest BCUT2D eigenvalue weighted by molar-refractivity contribution is -0.115. The molecule has 8 heteroatoms. The molecule has 0 spiro atoms. The zero-order valence-electron chi connectivity index (χ0n) is 16.1. The molecule has 0 atom stereocenters. The largest absolute Gasteiger partial charge is 0.493 e.